The van der Waals surface area contributed by atoms with Gasteiger partial charge in [-0.1, -0.05) is 42.5 Å². The zero-order valence-corrected chi connectivity index (χ0v) is 17.9. The molecule has 1 atom stereocenters. The summed E-state index contributed by atoms with van der Waals surface area (Å²) in [7, 11) is 0. The molecular formula is C26H27NO4. The molecule has 1 aliphatic rings. The van der Waals surface area contributed by atoms with Gasteiger partial charge in [-0.2, -0.15) is 0 Å². The van der Waals surface area contributed by atoms with Crippen molar-refractivity contribution in [3.63, 3.8) is 0 Å². The number of carbonyl (C=O) groups excluding carboxylic acids is 1. The SMILES string of the molecule is CCOC(=O)C(=Cc1ccc(OCCn2c(C)ccc2-c2ccccc2)cc1)C1CO1. The lowest BCUT2D eigenvalue weighted by atomic mass is 10.1. The molecule has 5 nitrogen and oxygen atoms in total. The fourth-order valence-electron chi connectivity index (χ4n) is 3.55. The van der Waals surface area contributed by atoms with Crippen LogP contribution in [-0.2, 0) is 20.8 Å². The molecule has 0 radical (unpaired) electrons. The van der Waals surface area contributed by atoms with Gasteiger partial charge in [0.05, 0.1) is 25.3 Å². The van der Waals surface area contributed by atoms with Gasteiger partial charge in [0.1, 0.15) is 18.5 Å². The van der Waals surface area contributed by atoms with E-state index in [9.17, 15) is 4.79 Å². The van der Waals surface area contributed by atoms with Crippen LogP contribution in [0, 0.1) is 6.92 Å². The number of aryl methyl sites for hydroxylation is 1. The van der Waals surface area contributed by atoms with Gasteiger partial charge in [0.2, 0.25) is 0 Å². The monoisotopic (exact) mass is 417 g/mol. The molecule has 2 aromatic carbocycles. The maximum atomic E-state index is 12.1. The largest absolute Gasteiger partial charge is 0.492 e. The molecule has 160 valence electrons. The van der Waals surface area contributed by atoms with E-state index in [4.69, 9.17) is 14.2 Å². The quantitative estimate of drug-likeness (QED) is 0.283. The van der Waals surface area contributed by atoms with Crippen LogP contribution in [0.15, 0.2) is 72.3 Å². The lowest BCUT2D eigenvalue weighted by Crippen LogP contribution is -2.12. The number of nitrogens with zero attached hydrogens (tertiary/aromatic N) is 1. The third kappa shape index (κ3) is 5.25. The zero-order valence-electron chi connectivity index (χ0n) is 17.9. The number of esters is 1. The zero-order chi connectivity index (χ0) is 21.6. The Balaban J connectivity index is 1.38. The lowest BCUT2D eigenvalue weighted by Gasteiger charge is -2.13. The van der Waals surface area contributed by atoms with Gasteiger partial charge in [-0.05, 0) is 55.3 Å². The molecule has 31 heavy (non-hydrogen) atoms. The first-order chi connectivity index (χ1) is 15.2. The third-order valence-corrected chi connectivity index (χ3v) is 5.25. The smallest absolute Gasteiger partial charge is 0.336 e. The Morgan fingerprint density at radius 1 is 1.10 bits per heavy atom. The molecule has 0 amide bonds. The number of benzene rings is 2. The number of aromatic nitrogens is 1. The highest BCUT2D eigenvalue weighted by Gasteiger charge is 2.32. The molecule has 1 aromatic heterocycles. The molecule has 0 N–H and O–H groups in total. The normalized spacial score (nSPS) is 15.5. The van der Waals surface area contributed by atoms with Crippen molar-refractivity contribution in [3.05, 3.63) is 83.6 Å². The van der Waals surface area contributed by atoms with Crippen molar-refractivity contribution in [2.24, 2.45) is 0 Å². The van der Waals surface area contributed by atoms with Gasteiger partial charge in [-0.3, -0.25) is 0 Å². The van der Waals surface area contributed by atoms with Crippen LogP contribution < -0.4 is 4.74 Å². The van der Waals surface area contributed by atoms with Gasteiger partial charge in [-0.25, -0.2) is 4.79 Å². The minimum atomic E-state index is -0.318. The minimum Gasteiger partial charge on any atom is -0.492 e. The highest BCUT2D eigenvalue weighted by atomic mass is 16.6. The van der Waals surface area contributed by atoms with Crippen LogP contribution in [-0.4, -0.2) is 36.5 Å². The summed E-state index contributed by atoms with van der Waals surface area (Å²) >= 11 is 0. The number of hydrogen-bond donors (Lipinski definition) is 0. The van der Waals surface area contributed by atoms with Crippen molar-refractivity contribution in [1.29, 1.82) is 0 Å². The molecule has 1 unspecified atom stereocenters. The Labute approximate surface area is 182 Å². The van der Waals surface area contributed by atoms with Gasteiger partial charge in [0.15, 0.2) is 0 Å². The molecule has 0 saturated carbocycles. The van der Waals surface area contributed by atoms with Crippen LogP contribution in [0.5, 0.6) is 5.75 Å². The van der Waals surface area contributed by atoms with E-state index >= 15 is 0 Å². The number of carbonyl (C=O) groups is 1. The van der Waals surface area contributed by atoms with Crippen LogP contribution in [0.2, 0.25) is 0 Å². The van der Waals surface area contributed by atoms with E-state index in [-0.39, 0.29) is 12.1 Å². The lowest BCUT2D eigenvalue weighted by molar-refractivity contribution is -0.138. The average molecular weight is 418 g/mol. The Hall–Kier alpha value is -3.31. The van der Waals surface area contributed by atoms with Gasteiger partial charge < -0.3 is 18.8 Å². The summed E-state index contributed by atoms with van der Waals surface area (Å²) in [5.41, 5.74) is 5.07. The molecule has 1 saturated heterocycles. The number of rotatable bonds is 9. The minimum absolute atomic E-state index is 0.154. The van der Waals surface area contributed by atoms with Crippen molar-refractivity contribution < 1.29 is 19.0 Å². The van der Waals surface area contributed by atoms with Gasteiger partial charge in [-0.15, -0.1) is 0 Å². The molecule has 0 spiro atoms. The van der Waals surface area contributed by atoms with E-state index in [2.05, 4.69) is 47.9 Å². The summed E-state index contributed by atoms with van der Waals surface area (Å²) in [5.74, 6) is 0.477. The average Bonchev–Trinajstić information content (AvgIpc) is 3.57. The van der Waals surface area contributed by atoms with Crippen molar-refractivity contribution in [1.82, 2.24) is 4.57 Å². The maximum absolute atomic E-state index is 12.1. The third-order valence-electron chi connectivity index (χ3n) is 5.25. The summed E-state index contributed by atoms with van der Waals surface area (Å²) in [6.45, 7) is 6.15. The molecular weight excluding hydrogens is 390 g/mol. The van der Waals surface area contributed by atoms with Crippen molar-refractivity contribution in [2.75, 3.05) is 19.8 Å². The topological polar surface area (TPSA) is 53.0 Å². The molecule has 0 bridgehead atoms. The molecule has 3 aromatic rings. The summed E-state index contributed by atoms with van der Waals surface area (Å²) in [6, 6.07) is 22.4. The maximum Gasteiger partial charge on any atom is 0.336 e. The summed E-state index contributed by atoms with van der Waals surface area (Å²) in [6.07, 6.45) is 1.67. The second-order valence-electron chi connectivity index (χ2n) is 7.44. The van der Waals surface area contributed by atoms with E-state index in [1.54, 1.807) is 6.92 Å². The summed E-state index contributed by atoms with van der Waals surface area (Å²) in [5, 5.41) is 0. The van der Waals surface area contributed by atoms with E-state index in [0.29, 0.717) is 25.4 Å². The molecule has 5 heteroatoms. The Kier molecular flexibility index (Phi) is 6.53. The Morgan fingerprint density at radius 3 is 2.52 bits per heavy atom. The van der Waals surface area contributed by atoms with Crippen LogP contribution in [0.3, 0.4) is 0 Å². The second-order valence-corrected chi connectivity index (χ2v) is 7.44. The first-order valence-electron chi connectivity index (χ1n) is 10.6. The van der Waals surface area contributed by atoms with E-state index < -0.39 is 0 Å². The van der Waals surface area contributed by atoms with Crippen LogP contribution >= 0.6 is 0 Å². The summed E-state index contributed by atoms with van der Waals surface area (Å²) in [4.78, 5) is 12.1. The standard InChI is InChI=1S/C26H27NO4/c1-3-29-26(28)23(25-18-31-25)17-20-10-12-22(13-11-20)30-16-15-27-19(2)9-14-24(27)21-7-5-4-6-8-21/h4-14,17,25H,3,15-16,18H2,1-2H3. The Bertz CT molecular complexity index is 1050. The predicted molar refractivity (Wildman–Crippen MR) is 121 cm³/mol. The first kappa shape index (κ1) is 20.9. The molecule has 1 aliphatic heterocycles. The van der Waals surface area contributed by atoms with Crippen molar-refractivity contribution in [3.8, 4) is 17.0 Å². The molecule has 2 heterocycles. The fourth-order valence-corrected chi connectivity index (χ4v) is 3.55. The van der Waals surface area contributed by atoms with Crippen LogP contribution in [0.4, 0.5) is 0 Å². The fraction of sp³-hybridized carbons (Fsp3) is 0.269. The number of ether oxygens (including phenoxy) is 3. The van der Waals surface area contributed by atoms with E-state index in [1.165, 1.54) is 17.0 Å². The van der Waals surface area contributed by atoms with Gasteiger partial charge in [0.25, 0.3) is 0 Å². The van der Waals surface area contributed by atoms with E-state index in [0.717, 1.165) is 17.9 Å². The number of epoxide rings is 1. The van der Waals surface area contributed by atoms with Gasteiger partial charge in [0, 0.05) is 11.4 Å². The molecule has 4 rings (SSSR count). The second kappa shape index (κ2) is 9.67. The Morgan fingerprint density at radius 2 is 1.84 bits per heavy atom. The van der Waals surface area contributed by atoms with Crippen LogP contribution in [0.25, 0.3) is 17.3 Å². The summed E-state index contributed by atoms with van der Waals surface area (Å²) < 4.78 is 18.6. The van der Waals surface area contributed by atoms with Gasteiger partial charge >= 0.3 is 5.97 Å². The van der Waals surface area contributed by atoms with Crippen LogP contribution in [0.1, 0.15) is 18.2 Å². The number of hydrogen-bond acceptors (Lipinski definition) is 4. The highest BCUT2D eigenvalue weighted by Crippen LogP contribution is 2.25. The first-order valence-corrected chi connectivity index (χ1v) is 10.6. The predicted octanol–water partition coefficient (Wildman–Crippen LogP) is 4.89. The van der Waals surface area contributed by atoms with Crippen molar-refractivity contribution in [2.45, 2.75) is 26.5 Å². The van der Waals surface area contributed by atoms with E-state index in [1.807, 2.05) is 36.4 Å². The molecule has 1 fully saturated rings. The van der Waals surface area contributed by atoms with Crippen molar-refractivity contribution >= 4 is 12.0 Å². The molecule has 0 aliphatic carbocycles. The highest BCUT2D eigenvalue weighted by molar-refractivity contribution is 5.95.